The van der Waals surface area contributed by atoms with Gasteiger partial charge in [-0.05, 0) is 42.9 Å². The minimum absolute atomic E-state index is 0.0908. The Morgan fingerprint density at radius 2 is 1.93 bits per heavy atom. The third-order valence-corrected chi connectivity index (χ3v) is 8.72. The number of nitrogens with zero attached hydrogens (tertiary/aromatic N) is 6. The lowest BCUT2D eigenvalue weighted by molar-refractivity contribution is -0.122. The maximum absolute atomic E-state index is 13.5. The van der Waals surface area contributed by atoms with Crippen LogP contribution < -0.4 is 20.3 Å². The molecule has 0 spiro atoms. The van der Waals surface area contributed by atoms with Gasteiger partial charge in [-0.3, -0.25) is 9.36 Å². The number of hydrogen-bond acceptors (Lipinski definition) is 7. The topological polar surface area (TPSA) is 118 Å². The lowest BCUT2D eigenvalue weighted by atomic mass is 9.95. The van der Waals surface area contributed by atoms with Crippen molar-refractivity contribution in [3.8, 4) is 11.7 Å². The third-order valence-electron chi connectivity index (χ3n) is 8.42. The van der Waals surface area contributed by atoms with Crippen molar-refractivity contribution in [3.63, 3.8) is 0 Å². The van der Waals surface area contributed by atoms with E-state index in [-0.39, 0.29) is 36.4 Å². The molecule has 1 unspecified atom stereocenters. The number of amides is 3. The molecule has 1 atom stereocenters. The van der Waals surface area contributed by atoms with Crippen LogP contribution in [-0.4, -0.2) is 81.7 Å². The zero-order valence-corrected chi connectivity index (χ0v) is 26.6. The van der Waals surface area contributed by atoms with E-state index < -0.39 is 0 Å². The number of rotatable bonds is 10. The summed E-state index contributed by atoms with van der Waals surface area (Å²) >= 11 is 6.27. The van der Waals surface area contributed by atoms with Gasteiger partial charge >= 0.3 is 6.03 Å². The van der Waals surface area contributed by atoms with Gasteiger partial charge in [-0.25, -0.2) is 14.8 Å². The largest absolute Gasteiger partial charge is 0.495 e. The van der Waals surface area contributed by atoms with Crippen LogP contribution in [0.3, 0.4) is 0 Å². The molecule has 3 heterocycles. The minimum Gasteiger partial charge on any atom is -0.495 e. The Balaban J connectivity index is 1.30. The molecule has 1 aliphatic carbocycles. The number of urea groups is 1. The second-order valence-electron chi connectivity index (χ2n) is 11.9. The van der Waals surface area contributed by atoms with Gasteiger partial charge in [-0.1, -0.05) is 50.8 Å². The number of hydrogen-bond donors (Lipinski definition) is 2. The highest BCUT2D eigenvalue weighted by Gasteiger charge is 2.34. The number of imidazole rings is 1. The van der Waals surface area contributed by atoms with Gasteiger partial charge in [0.2, 0.25) is 11.9 Å². The van der Waals surface area contributed by atoms with E-state index >= 15 is 0 Å². The molecule has 1 saturated heterocycles. The molecular formula is C32H43ClN8O3. The van der Waals surface area contributed by atoms with Crippen molar-refractivity contribution < 1.29 is 14.3 Å². The Hall–Kier alpha value is -3.86. The fourth-order valence-corrected chi connectivity index (χ4v) is 6.18. The fraction of sp³-hybridized carbons (Fsp3) is 0.531. The first-order chi connectivity index (χ1) is 21.3. The molecule has 0 bridgehead atoms. The summed E-state index contributed by atoms with van der Waals surface area (Å²) in [7, 11) is 1.58. The van der Waals surface area contributed by atoms with Crippen molar-refractivity contribution in [1.82, 2.24) is 35.1 Å². The quantitative estimate of drug-likeness (QED) is 0.336. The lowest BCUT2D eigenvalue weighted by Gasteiger charge is -2.42. The smallest absolute Gasteiger partial charge is 0.318 e. The number of ether oxygens (including phenoxy) is 1. The van der Waals surface area contributed by atoms with E-state index in [1.807, 2.05) is 35.4 Å². The highest BCUT2D eigenvalue weighted by molar-refractivity contribution is 6.32. The van der Waals surface area contributed by atoms with Crippen molar-refractivity contribution in [2.75, 3.05) is 38.2 Å². The number of methoxy groups -OCH3 is 1. The number of nitrogens with one attached hydrogen (secondary N) is 2. The number of halogens is 1. The van der Waals surface area contributed by atoms with Crippen LogP contribution in [0, 0.1) is 0 Å². The zero-order chi connectivity index (χ0) is 31.1. The summed E-state index contributed by atoms with van der Waals surface area (Å²) in [5.41, 5.74) is 1.93. The number of piperazine rings is 1. The number of aromatic nitrogens is 4. The first-order valence-electron chi connectivity index (χ1n) is 15.6. The van der Waals surface area contributed by atoms with E-state index in [4.69, 9.17) is 26.3 Å². The third kappa shape index (κ3) is 7.99. The van der Waals surface area contributed by atoms with Crippen LogP contribution in [0.15, 0.2) is 43.0 Å². The highest BCUT2D eigenvalue weighted by atomic mass is 35.5. The van der Waals surface area contributed by atoms with Crippen molar-refractivity contribution in [3.05, 3.63) is 59.3 Å². The number of carbonyl (C=O) groups is 2. The molecule has 11 nitrogen and oxygen atoms in total. The molecule has 2 fully saturated rings. The highest BCUT2D eigenvalue weighted by Crippen LogP contribution is 2.26. The Bertz CT molecular complexity index is 1410. The molecule has 2 aromatic heterocycles. The molecule has 3 amide bonds. The van der Waals surface area contributed by atoms with E-state index in [9.17, 15) is 9.59 Å². The average molecular weight is 623 g/mol. The van der Waals surface area contributed by atoms with Crippen molar-refractivity contribution in [2.24, 2.45) is 0 Å². The summed E-state index contributed by atoms with van der Waals surface area (Å²) in [6.07, 6.45) is 11.5. The Labute approximate surface area is 264 Å². The molecule has 0 radical (unpaired) electrons. The summed E-state index contributed by atoms with van der Waals surface area (Å²) in [5.74, 6) is 2.05. The molecular weight excluding hydrogens is 580 g/mol. The SMILES string of the molecule is COc1ccc(CCNC(=O)CC2CN(c3cc(C(C)C)nc(-n4ccnc4)n3)CCN2C(=O)NC2CCCCC2)cc1Cl. The molecule has 2 N–H and O–H groups in total. The minimum atomic E-state index is -0.322. The number of benzene rings is 1. The first-order valence-corrected chi connectivity index (χ1v) is 16.0. The van der Waals surface area contributed by atoms with Gasteiger partial charge in [0.05, 0.1) is 23.9 Å². The molecule has 1 saturated carbocycles. The predicted molar refractivity (Wildman–Crippen MR) is 171 cm³/mol. The summed E-state index contributed by atoms with van der Waals surface area (Å²) in [5, 5.41) is 6.84. The summed E-state index contributed by atoms with van der Waals surface area (Å²) in [4.78, 5) is 44.6. The summed E-state index contributed by atoms with van der Waals surface area (Å²) < 4.78 is 7.03. The monoisotopic (exact) mass is 622 g/mol. The number of anilines is 1. The average Bonchev–Trinajstić information content (AvgIpc) is 3.57. The summed E-state index contributed by atoms with van der Waals surface area (Å²) in [6, 6.07) is 7.42. The maximum Gasteiger partial charge on any atom is 0.318 e. The lowest BCUT2D eigenvalue weighted by Crippen LogP contribution is -2.60. The first kappa shape index (κ1) is 31.6. The van der Waals surface area contributed by atoms with Gasteiger partial charge in [0.1, 0.15) is 17.9 Å². The van der Waals surface area contributed by atoms with Crippen LogP contribution >= 0.6 is 11.6 Å². The van der Waals surface area contributed by atoms with E-state index in [0.29, 0.717) is 49.3 Å². The van der Waals surface area contributed by atoms with Crippen molar-refractivity contribution >= 4 is 29.4 Å². The molecule has 3 aromatic rings. The van der Waals surface area contributed by atoms with Crippen LogP contribution in [0.1, 0.15) is 69.5 Å². The second kappa shape index (κ2) is 14.7. The maximum atomic E-state index is 13.5. The molecule has 12 heteroatoms. The Morgan fingerprint density at radius 3 is 2.64 bits per heavy atom. The van der Waals surface area contributed by atoms with E-state index in [0.717, 1.165) is 42.8 Å². The molecule has 2 aliphatic rings. The molecule has 236 valence electrons. The van der Waals surface area contributed by atoms with Gasteiger partial charge in [-0.15, -0.1) is 0 Å². The van der Waals surface area contributed by atoms with Gasteiger partial charge in [-0.2, -0.15) is 4.98 Å². The van der Waals surface area contributed by atoms with Crippen LogP contribution in [0.4, 0.5) is 10.6 Å². The van der Waals surface area contributed by atoms with Gasteiger partial charge in [0, 0.05) is 57.1 Å². The van der Waals surface area contributed by atoms with Gasteiger partial charge < -0.3 is 25.2 Å². The molecule has 44 heavy (non-hydrogen) atoms. The van der Waals surface area contributed by atoms with Gasteiger partial charge in [0.25, 0.3) is 0 Å². The normalized spacial score (nSPS) is 17.5. The zero-order valence-electron chi connectivity index (χ0n) is 25.8. The standard InChI is InChI=1S/C32H43ClN8O3/c1-22(2)27-19-29(38-31(37-27)40-14-13-34-21-40)39-15-16-41(32(43)36-24-7-5-4-6-8-24)25(20-39)18-30(42)35-12-11-23-9-10-28(44-3)26(33)17-23/h9-10,13-14,17,19,21-22,24-25H,4-8,11-12,15-16,18,20H2,1-3H3,(H,35,42)(H,36,43). The van der Waals surface area contributed by atoms with E-state index in [1.165, 1.54) is 6.42 Å². The van der Waals surface area contributed by atoms with Crippen molar-refractivity contribution in [2.45, 2.75) is 76.8 Å². The van der Waals surface area contributed by atoms with Crippen LogP contribution in [-0.2, 0) is 11.2 Å². The van der Waals surface area contributed by atoms with E-state index in [2.05, 4.69) is 34.4 Å². The molecule has 1 aromatic carbocycles. The van der Waals surface area contributed by atoms with Crippen LogP contribution in [0.25, 0.3) is 5.95 Å². The van der Waals surface area contributed by atoms with E-state index in [1.54, 1.807) is 24.2 Å². The van der Waals surface area contributed by atoms with Gasteiger partial charge in [0.15, 0.2) is 0 Å². The fourth-order valence-electron chi connectivity index (χ4n) is 5.90. The Kier molecular flexibility index (Phi) is 10.6. The van der Waals surface area contributed by atoms with Crippen LogP contribution in [0.2, 0.25) is 5.02 Å². The van der Waals surface area contributed by atoms with Crippen molar-refractivity contribution in [1.29, 1.82) is 0 Å². The van der Waals surface area contributed by atoms with Crippen LogP contribution in [0.5, 0.6) is 5.75 Å². The summed E-state index contributed by atoms with van der Waals surface area (Å²) in [6.45, 7) is 6.24. The second-order valence-corrected chi connectivity index (χ2v) is 12.3. The molecule has 5 rings (SSSR count). The number of carbonyl (C=O) groups excluding carboxylic acids is 2. The Morgan fingerprint density at radius 1 is 1.11 bits per heavy atom. The predicted octanol–water partition coefficient (Wildman–Crippen LogP) is 4.73. The molecule has 1 aliphatic heterocycles.